The third-order valence-electron chi connectivity index (χ3n) is 8.55. The Bertz CT molecular complexity index is 1690. The van der Waals surface area contributed by atoms with Gasteiger partial charge in [-0.25, -0.2) is 19.9 Å². The van der Waals surface area contributed by atoms with Gasteiger partial charge in [0.25, 0.3) is 5.91 Å². The predicted octanol–water partition coefficient (Wildman–Crippen LogP) is 2.04. The number of piperidine rings is 1. The van der Waals surface area contributed by atoms with Crippen LogP contribution < -0.4 is 0 Å². The lowest BCUT2D eigenvalue weighted by molar-refractivity contribution is -0.0412. The SMILES string of the molecule is [B]C(C)(P)c1nc(CO)cc(C(=O)N2CCC(N3CC(CC#N)(n4cc(-c5ncnc6c5ccn6CC)cn4)C3)CC2)n1. The number of aryl methyl sites for hydroxylation is 1. The topological polar surface area (TPSA) is 142 Å². The summed E-state index contributed by atoms with van der Waals surface area (Å²) in [5.74, 6) is 0.104. The van der Waals surface area contributed by atoms with Gasteiger partial charge in [-0.05, 0) is 31.9 Å². The maximum atomic E-state index is 13.3. The number of amides is 1. The third kappa shape index (κ3) is 5.44. The fraction of sp³-hybridized carbons (Fsp3) is 0.483. The van der Waals surface area contributed by atoms with Crippen LogP contribution in [0.4, 0.5) is 0 Å². The van der Waals surface area contributed by atoms with Crippen LogP contribution in [0.1, 0.15) is 55.1 Å². The van der Waals surface area contributed by atoms with E-state index in [0.29, 0.717) is 50.2 Å². The van der Waals surface area contributed by atoms with Crippen molar-refractivity contribution in [1.29, 1.82) is 5.26 Å². The number of aliphatic hydroxyl groups is 1. The molecule has 0 aliphatic carbocycles. The Morgan fingerprint density at radius 1 is 1.28 bits per heavy atom. The smallest absolute Gasteiger partial charge is 0.272 e. The highest BCUT2D eigenvalue weighted by Crippen LogP contribution is 2.37. The zero-order valence-corrected chi connectivity index (χ0v) is 25.5. The van der Waals surface area contributed by atoms with Gasteiger partial charge in [-0.2, -0.15) is 10.4 Å². The fourth-order valence-corrected chi connectivity index (χ4v) is 6.30. The minimum absolute atomic E-state index is 0.189. The highest BCUT2D eigenvalue weighted by atomic mass is 31.0. The normalized spacial score (nSPS) is 18.7. The molecule has 2 fully saturated rings. The molecule has 1 amide bonds. The van der Waals surface area contributed by atoms with Crippen molar-refractivity contribution in [1.82, 2.24) is 44.1 Å². The second kappa shape index (κ2) is 11.4. The molecule has 4 aromatic heterocycles. The van der Waals surface area contributed by atoms with Gasteiger partial charge in [-0.3, -0.25) is 14.4 Å². The van der Waals surface area contributed by atoms with Crippen LogP contribution in [0.2, 0.25) is 0 Å². The number of aromatic nitrogens is 7. The summed E-state index contributed by atoms with van der Waals surface area (Å²) in [6, 6.07) is 6.24. The Kier molecular flexibility index (Phi) is 7.79. The van der Waals surface area contributed by atoms with Gasteiger partial charge in [0.15, 0.2) is 0 Å². The Morgan fingerprint density at radius 3 is 2.72 bits per heavy atom. The van der Waals surface area contributed by atoms with Gasteiger partial charge in [0.1, 0.15) is 29.0 Å². The average molecular weight is 596 g/mol. The van der Waals surface area contributed by atoms with Crippen LogP contribution in [-0.2, 0) is 23.7 Å². The van der Waals surface area contributed by atoms with E-state index in [1.807, 2.05) is 29.3 Å². The van der Waals surface area contributed by atoms with Crippen molar-refractivity contribution < 1.29 is 9.90 Å². The van der Waals surface area contributed by atoms with Crippen LogP contribution in [0.3, 0.4) is 0 Å². The standard InChI is InChI=1S/C29H34BN10O2P/c1-3-37-11-6-22-24(32-18-33-25(22)37)19-13-34-40(14-19)29(7-8-31)16-39(17-29)21-4-9-38(10-5-21)26(42)23-12-20(15-41)35-27(36-23)28(2,30)43/h6,11-14,18,21,41H,3-5,7,9-10,15-17,43H2,1-2H3. The van der Waals surface area contributed by atoms with Gasteiger partial charge < -0.3 is 14.6 Å². The number of carbonyl (C=O) groups excluding carboxylic acids is 1. The first-order valence-corrected chi connectivity index (χ1v) is 15.1. The summed E-state index contributed by atoms with van der Waals surface area (Å²) in [6.07, 6.45) is 9.41. The second-order valence-electron chi connectivity index (χ2n) is 11.7. The number of likely N-dealkylation sites (tertiary alicyclic amines) is 2. The fourth-order valence-electron chi connectivity index (χ4n) is 6.17. The molecule has 2 atom stereocenters. The molecule has 14 heteroatoms. The van der Waals surface area contributed by atoms with E-state index in [0.717, 1.165) is 41.7 Å². The van der Waals surface area contributed by atoms with E-state index in [1.165, 1.54) is 6.07 Å². The summed E-state index contributed by atoms with van der Waals surface area (Å²) < 4.78 is 4.02. The minimum atomic E-state index is -0.919. The van der Waals surface area contributed by atoms with Crippen molar-refractivity contribution in [2.75, 3.05) is 26.2 Å². The molecule has 0 spiro atoms. The van der Waals surface area contributed by atoms with Crippen LogP contribution >= 0.6 is 9.24 Å². The largest absolute Gasteiger partial charge is 0.390 e. The van der Waals surface area contributed by atoms with E-state index in [2.05, 4.69) is 51.6 Å². The van der Waals surface area contributed by atoms with Gasteiger partial charge in [0.2, 0.25) is 0 Å². The summed E-state index contributed by atoms with van der Waals surface area (Å²) in [6.45, 7) is 6.94. The molecule has 2 aliphatic heterocycles. The summed E-state index contributed by atoms with van der Waals surface area (Å²) in [7, 11) is 8.61. The number of aliphatic hydroxyl groups excluding tert-OH is 1. The summed E-state index contributed by atoms with van der Waals surface area (Å²) in [5, 5.41) is 24.1. The Morgan fingerprint density at radius 2 is 2.05 bits per heavy atom. The van der Waals surface area contributed by atoms with Gasteiger partial charge in [-0.15, -0.1) is 9.24 Å². The predicted molar refractivity (Wildman–Crippen MR) is 164 cm³/mol. The monoisotopic (exact) mass is 596 g/mol. The molecule has 2 radical (unpaired) electrons. The molecular weight excluding hydrogens is 562 g/mol. The molecule has 6 heterocycles. The van der Waals surface area contributed by atoms with E-state index >= 15 is 0 Å². The molecule has 12 nitrogen and oxygen atoms in total. The van der Waals surface area contributed by atoms with Crippen LogP contribution in [-0.4, -0.2) is 95.2 Å². The first-order chi connectivity index (χ1) is 20.7. The van der Waals surface area contributed by atoms with Crippen LogP contribution in [0.15, 0.2) is 37.1 Å². The van der Waals surface area contributed by atoms with Gasteiger partial charge in [0.05, 0.1) is 44.5 Å². The summed E-state index contributed by atoms with van der Waals surface area (Å²) >= 11 is 0. The lowest BCUT2D eigenvalue weighted by Crippen LogP contribution is -2.66. The number of carbonyl (C=O) groups is 1. The molecule has 1 N–H and O–H groups in total. The molecule has 2 unspecified atom stereocenters. The molecule has 4 aromatic rings. The first-order valence-electron chi connectivity index (χ1n) is 14.5. The first kappa shape index (κ1) is 29.4. The Hall–Kier alpha value is -3.72. The van der Waals surface area contributed by atoms with E-state index in [-0.39, 0.29) is 18.2 Å². The van der Waals surface area contributed by atoms with Crippen molar-refractivity contribution in [3.8, 4) is 17.3 Å². The van der Waals surface area contributed by atoms with E-state index in [9.17, 15) is 15.2 Å². The highest BCUT2D eigenvalue weighted by molar-refractivity contribution is 7.21. The number of hydrogen-bond acceptors (Lipinski definition) is 9. The summed E-state index contributed by atoms with van der Waals surface area (Å²) in [5.41, 5.74) is 2.82. The van der Waals surface area contributed by atoms with Gasteiger partial charge >= 0.3 is 0 Å². The molecule has 220 valence electrons. The van der Waals surface area contributed by atoms with Gasteiger partial charge in [0, 0.05) is 67.2 Å². The molecule has 0 bridgehead atoms. The number of nitrogens with zero attached hydrogens (tertiary/aromatic N) is 10. The van der Waals surface area contributed by atoms with Gasteiger partial charge in [-0.1, -0.05) is 6.92 Å². The van der Waals surface area contributed by atoms with Crippen LogP contribution in [0, 0.1) is 11.3 Å². The van der Waals surface area contributed by atoms with Crippen molar-refractivity contribution in [3.05, 3.63) is 54.3 Å². The minimum Gasteiger partial charge on any atom is -0.390 e. The van der Waals surface area contributed by atoms with E-state index < -0.39 is 10.6 Å². The van der Waals surface area contributed by atoms with Crippen LogP contribution in [0.25, 0.3) is 22.3 Å². The molecule has 2 aliphatic rings. The summed E-state index contributed by atoms with van der Waals surface area (Å²) in [4.78, 5) is 35.2. The molecule has 0 saturated carbocycles. The zero-order chi connectivity index (χ0) is 30.4. The molecule has 43 heavy (non-hydrogen) atoms. The van der Waals surface area contributed by atoms with E-state index in [4.69, 9.17) is 12.9 Å². The van der Waals surface area contributed by atoms with Crippen LogP contribution in [0.5, 0.6) is 0 Å². The quantitative estimate of drug-likeness (QED) is 0.239. The number of nitriles is 1. The molecule has 0 aromatic carbocycles. The van der Waals surface area contributed by atoms with Crippen molar-refractivity contribution in [2.45, 2.75) is 62.9 Å². The van der Waals surface area contributed by atoms with Crippen molar-refractivity contribution >= 4 is 34.0 Å². The molecule has 2 saturated heterocycles. The molecule has 6 rings (SSSR count). The van der Waals surface area contributed by atoms with Crippen molar-refractivity contribution in [2.24, 2.45) is 0 Å². The molecular formula is C29H34BN10O2P. The zero-order valence-electron chi connectivity index (χ0n) is 24.4. The third-order valence-corrected chi connectivity index (χ3v) is 8.81. The van der Waals surface area contributed by atoms with E-state index in [1.54, 1.807) is 18.2 Å². The number of fused-ring (bicyclic) bond motifs is 1. The van der Waals surface area contributed by atoms with Crippen molar-refractivity contribution in [3.63, 3.8) is 0 Å². The highest BCUT2D eigenvalue weighted by Gasteiger charge is 2.48. The Balaban J connectivity index is 1.12. The second-order valence-corrected chi connectivity index (χ2v) is 12.9. The lowest BCUT2D eigenvalue weighted by atomic mass is 9.83. The maximum Gasteiger partial charge on any atom is 0.272 e. The number of rotatable bonds is 8. The average Bonchev–Trinajstić information content (AvgIpc) is 3.66. The lowest BCUT2D eigenvalue weighted by Gasteiger charge is -2.53. The maximum absolute atomic E-state index is 13.3. The Labute approximate surface area is 253 Å². The number of hydrogen-bond donors (Lipinski definition) is 1.